The first-order chi connectivity index (χ1) is 9.24. The lowest BCUT2D eigenvalue weighted by molar-refractivity contribution is -0.120. The van der Waals surface area contributed by atoms with Crippen LogP contribution in [0.2, 0.25) is 0 Å². The number of carbonyl (C=O) groups excluding carboxylic acids is 1. The Morgan fingerprint density at radius 2 is 2.21 bits per heavy atom. The molecule has 5 heteroatoms. The van der Waals surface area contributed by atoms with Gasteiger partial charge in [-0.25, -0.2) is 0 Å². The van der Waals surface area contributed by atoms with Gasteiger partial charge < -0.3 is 15.4 Å². The number of nitrogens with one attached hydrogen (secondary N) is 2. The molecule has 0 spiro atoms. The van der Waals surface area contributed by atoms with Crippen LogP contribution < -0.4 is 15.4 Å². The van der Waals surface area contributed by atoms with Crippen molar-refractivity contribution in [1.29, 1.82) is 5.26 Å². The van der Waals surface area contributed by atoms with E-state index in [1.165, 1.54) is 7.11 Å². The van der Waals surface area contributed by atoms with Crippen LogP contribution in [0.3, 0.4) is 0 Å². The van der Waals surface area contributed by atoms with Gasteiger partial charge in [0.2, 0.25) is 5.91 Å². The van der Waals surface area contributed by atoms with Gasteiger partial charge in [-0.05, 0) is 38.1 Å². The predicted octanol–water partition coefficient (Wildman–Crippen LogP) is 1.50. The van der Waals surface area contributed by atoms with Crippen LogP contribution in [-0.2, 0) is 4.79 Å². The van der Waals surface area contributed by atoms with Crippen LogP contribution in [0.5, 0.6) is 5.75 Å². The number of rotatable bonds is 3. The molecule has 1 aromatic carbocycles. The van der Waals surface area contributed by atoms with Crippen molar-refractivity contribution in [3.8, 4) is 11.8 Å². The first-order valence-electron chi connectivity index (χ1n) is 6.34. The van der Waals surface area contributed by atoms with Gasteiger partial charge in [-0.15, -0.1) is 0 Å². The Morgan fingerprint density at radius 3 is 2.84 bits per heavy atom. The van der Waals surface area contributed by atoms with Gasteiger partial charge >= 0.3 is 0 Å². The van der Waals surface area contributed by atoms with E-state index >= 15 is 0 Å². The average molecular weight is 259 g/mol. The largest absolute Gasteiger partial charge is 0.495 e. The molecule has 1 amide bonds. The molecule has 5 nitrogen and oxygen atoms in total. The molecule has 1 aliphatic rings. The van der Waals surface area contributed by atoms with E-state index in [1.54, 1.807) is 18.2 Å². The highest BCUT2D eigenvalue weighted by molar-refractivity contribution is 5.94. The first kappa shape index (κ1) is 13.4. The van der Waals surface area contributed by atoms with Crippen molar-refractivity contribution >= 4 is 11.6 Å². The summed E-state index contributed by atoms with van der Waals surface area (Å²) in [6.07, 6.45) is 1.70. The van der Waals surface area contributed by atoms with Crippen molar-refractivity contribution in [2.75, 3.05) is 25.5 Å². The molecule has 1 aromatic rings. The van der Waals surface area contributed by atoms with Crippen LogP contribution in [0, 0.1) is 17.2 Å². The fraction of sp³-hybridized carbons (Fsp3) is 0.429. The smallest absolute Gasteiger partial charge is 0.227 e. The van der Waals surface area contributed by atoms with Gasteiger partial charge in [0.1, 0.15) is 5.75 Å². The third-order valence-electron chi connectivity index (χ3n) is 3.30. The Bertz CT molecular complexity index is 502. The molecule has 1 heterocycles. The van der Waals surface area contributed by atoms with Gasteiger partial charge in [0.25, 0.3) is 0 Å². The van der Waals surface area contributed by atoms with Crippen LogP contribution in [0.25, 0.3) is 0 Å². The van der Waals surface area contributed by atoms with E-state index in [0.717, 1.165) is 25.9 Å². The lowest BCUT2D eigenvalue weighted by Gasteiger charge is -2.22. The van der Waals surface area contributed by atoms with E-state index in [-0.39, 0.29) is 11.8 Å². The van der Waals surface area contributed by atoms with Crippen molar-refractivity contribution in [1.82, 2.24) is 5.32 Å². The Balaban J connectivity index is 2.09. The molecule has 0 atom stereocenters. The van der Waals surface area contributed by atoms with Gasteiger partial charge in [-0.2, -0.15) is 5.26 Å². The second-order valence-corrected chi connectivity index (χ2v) is 4.54. The summed E-state index contributed by atoms with van der Waals surface area (Å²) in [6.45, 7) is 1.76. The monoisotopic (exact) mass is 259 g/mol. The van der Waals surface area contributed by atoms with Crippen LogP contribution in [-0.4, -0.2) is 26.1 Å². The normalized spacial score (nSPS) is 15.6. The molecule has 2 N–H and O–H groups in total. The van der Waals surface area contributed by atoms with Gasteiger partial charge in [0, 0.05) is 12.0 Å². The van der Waals surface area contributed by atoms with Gasteiger partial charge in [0.15, 0.2) is 0 Å². The van der Waals surface area contributed by atoms with Crippen molar-refractivity contribution in [2.24, 2.45) is 5.92 Å². The summed E-state index contributed by atoms with van der Waals surface area (Å²) in [5.41, 5.74) is 1.13. The summed E-state index contributed by atoms with van der Waals surface area (Å²) in [5.74, 6) is 0.576. The van der Waals surface area contributed by atoms with Crippen LogP contribution in [0.4, 0.5) is 5.69 Å². The van der Waals surface area contributed by atoms with Gasteiger partial charge in [0.05, 0.1) is 24.4 Å². The quantitative estimate of drug-likeness (QED) is 0.862. The molecular formula is C14H17N3O2. The zero-order valence-corrected chi connectivity index (χ0v) is 10.9. The summed E-state index contributed by atoms with van der Waals surface area (Å²) in [4.78, 5) is 12.1. The Hall–Kier alpha value is -2.06. The van der Waals surface area contributed by atoms with Crippen molar-refractivity contribution in [2.45, 2.75) is 12.8 Å². The van der Waals surface area contributed by atoms with Gasteiger partial charge in [-0.1, -0.05) is 0 Å². The number of ether oxygens (including phenoxy) is 1. The average Bonchev–Trinajstić information content (AvgIpc) is 2.48. The number of benzene rings is 1. The number of hydrogen-bond donors (Lipinski definition) is 2. The summed E-state index contributed by atoms with van der Waals surface area (Å²) >= 11 is 0. The number of methoxy groups -OCH3 is 1. The highest BCUT2D eigenvalue weighted by Crippen LogP contribution is 2.26. The number of amides is 1. The van der Waals surface area contributed by atoms with E-state index in [1.807, 2.05) is 6.07 Å². The lowest BCUT2D eigenvalue weighted by Crippen LogP contribution is -2.34. The Morgan fingerprint density at radius 1 is 1.47 bits per heavy atom. The third kappa shape index (κ3) is 3.24. The molecule has 2 rings (SSSR count). The zero-order valence-electron chi connectivity index (χ0n) is 10.9. The number of hydrogen-bond acceptors (Lipinski definition) is 4. The van der Waals surface area contributed by atoms with Crippen LogP contribution in [0.15, 0.2) is 18.2 Å². The second-order valence-electron chi connectivity index (χ2n) is 4.54. The molecule has 0 bridgehead atoms. The number of carbonyl (C=O) groups is 1. The maximum absolute atomic E-state index is 12.1. The minimum absolute atomic E-state index is 0.0181. The van der Waals surface area contributed by atoms with E-state index in [4.69, 9.17) is 10.00 Å². The molecule has 0 radical (unpaired) electrons. The molecular weight excluding hydrogens is 242 g/mol. The molecule has 0 aliphatic carbocycles. The highest BCUT2D eigenvalue weighted by atomic mass is 16.5. The zero-order chi connectivity index (χ0) is 13.7. The van der Waals surface area contributed by atoms with Crippen molar-refractivity contribution in [3.63, 3.8) is 0 Å². The molecule has 1 fully saturated rings. The summed E-state index contributed by atoms with van der Waals surface area (Å²) in [5, 5.41) is 14.9. The minimum Gasteiger partial charge on any atom is -0.495 e. The maximum Gasteiger partial charge on any atom is 0.227 e. The fourth-order valence-corrected chi connectivity index (χ4v) is 2.18. The maximum atomic E-state index is 12.1. The molecule has 0 aromatic heterocycles. The number of nitriles is 1. The molecule has 0 unspecified atom stereocenters. The van der Waals surface area contributed by atoms with Crippen molar-refractivity contribution < 1.29 is 9.53 Å². The topological polar surface area (TPSA) is 74.1 Å². The van der Waals surface area contributed by atoms with E-state index in [0.29, 0.717) is 17.0 Å². The molecule has 100 valence electrons. The summed E-state index contributed by atoms with van der Waals surface area (Å²) in [7, 11) is 1.52. The highest BCUT2D eigenvalue weighted by Gasteiger charge is 2.21. The number of nitrogens with zero attached hydrogens (tertiary/aromatic N) is 1. The molecule has 0 saturated carbocycles. The van der Waals surface area contributed by atoms with E-state index in [2.05, 4.69) is 10.6 Å². The Kier molecular flexibility index (Phi) is 4.37. The second kappa shape index (κ2) is 6.21. The standard InChI is InChI=1S/C14H17N3O2/c1-19-13-8-10(9-15)2-3-12(13)17-14(18)11-4-6-16-7-5-11/h2-3,8,11,16H,4-7H2,1H3,(H,17,18). The van der Waals surface area contributed by atoms with Crippen LogP contribution >= 0.6 is 0 Å². The van der Waals surface area contributed by atoms with E-state index < -0.39 is 0 Å². The Labute approximate surface area is 112 Å². The first-order valence-corrected chi connectivity index (χ1v) is 6.34. The van der Waals surface area contributed by atoms with E-state index in [9.17, 15) is 4.79 Å². The molecule has 1 aliphatic heterocycles. The summed E-state index contributed by atoms with van der Waals surface area (Å²) < 4.78 is 5.20. The lowest BCUT2D eigenvalue weighted by atomic mass is 9.97. The predicted molar refractivity (Wildman–Crippen MR) is 71.9 cm³/mol. The summed E-state index contributed by atoms with van der Waals surface area (Å²) in [6, 6.07) is 7.04. The minimum atomic E-state index is 0.0181. The van der Waals surface area contributed by atoms with Crippen molar-refractivity contribution in [3.05, 3.63) is 23.8 Å². The van der Waals surface area contributed by atoms with Gasteiger partial charge in [-0.3, -0.25) is 4.79 Å². The third-order valence-corrected chi connectivity index (χ3v) is 3.30. The SMILES string of the molecule is COc1cc(C#N)ccc1NC(=O)C1CCNCC1. The number of anilines is 1. The molecule has 19 heavy (non-hydrogen) atoms. The fourth-order valence-electron chi connectivity index (χ4n) is 2.18. The number of piperidine rings is 1. The molecule has 1 saturated heterocycles. The van der Waals surface area contributed by atoms with Crippen LogP contribution in [0.1, 0.15) is 18.4 Å².